The van der Waals surface area contributed by atoms with Crippen LogP contribution in [0.3, 0.4) is 0 Å². The molecule has 7 rings (SSSR count). The van der Waals surface area contributed by atoms with Crippen molar-refractivity contribution in [1.29, 1.82) is 0 Å². The third kappa shape index (κ3) is 6.50. The third-order valence-corrected chi connectivity index (χ3v) is 9.42. The number of benzene rings is 4. The molecule has 234 valence electrons. The molecular formula is C40H43N5O. The summed E-state index contributed by atoms with van der Waals surface area (Å²) in [6.45, 7) is 9.35. The zero-order valence-corrected chi connectivity index (χ0v) is 26.7. The molecule has 2 saturated heterocycles. The van der Waals surface area contributed by atoms with E-state index in [0.717, 1.165) is 80.4 Å². The molecular weight excluding hydrogens is 566 g/mol. The first-order chi connectivity index (χ1) is 22.6. The zero-order valence-electron chi connectivity index (χ0n) is 26.7. The zero-order chi connectivity index (χ0) is 31.3. The van der Waals surface area contributed by atoms with Crippen molar-refractivity contribution in [3.63, 3.8) is 0 Å². The topological polar surface area (TPSA) is 43.8 Å². The standard InChI is InChI=1S/C40H43N5O/c1-31-26-38(39(34-16-9-4-10-17-34)45(31)36-19-11-18-35(28-36)43-22-20-41-21-23-43)40(46)44-25-24-42(29-33-14-7-3-8-15-33)30-37(44)27-32-12-5-2-6-13-32/h2-19,26,28,37,41H,20-25,27,29-30H2,1H3/t37-/m1/s1. The van der Waals surface area contributed by atoms with E-state index in [9.17, 15) is 4.79 Å². The van der Waals surface area contributed by atoms with E-state index in [-0.39, 0.29) is 11.9 Å². The molecule has 0 spiro atoms. The maximum Gasteiger partial charge on any atom is 0.256 e. The van der Waals surface area contributed by atoms with Gasteiger partial charge in [-0.2, -0.15) is 0 Å². The van der Waals surface area contributed by atoms with Crippen molar-refractivity contribution in [2.24, 2.45) is 0 Å². The number of hydrogen-bond donors (Lipinski definition) is 1. The van der Waals surface area contributed by atoms with E-state index >= 15 is 0 Å². The number of amides is 1. The molecule has 1 aromatic heterocycles. The number of carbonyl (C=O) groups is 1. The average molecular weight is 610 g/mol. The van der Waals surface area contributed by atoms with Crippen molar-refractivity contribution >= 4 is 11.6 Å². The third-order valence-electron chi connectivity index (χ3n) is 9.42. The summed E-state index contributed by atoms with van der Waals surface area (Å²) >= 11 is 0. The molecule has 3 heterocycles. The summed E-state index contributed by atoms with van der Waals surface area (Å²) < 4.78 is 2.28. The lowest BCUT2D eigenvalue weighted by Gasteiger charge is -2.42. The fourth-order valence-corrected chi connectivity index (χ4v) is 7.15. The van der Waals surface area contributed by atoms with Crippen molar-refractivity contribution in [2.75, 3.05) is 50.7 Å². The highest BCUT2D eigenvalue weighted by molar-refractivity contribution is 6.01. The van der Waals surface area contributed by atoms with Crippen molar-refractivity contribution in [1.82, 2.24) is 19.7 Å². The first-order valence-electron chi connectivity index (χ1n) is 16.6. The van der Waals surface area contributed by atoms with Gasteiger partial charge in [0.25, 0.3) is 5.91 Å². The summed E-state index contributed by atoms with van der Waals surface area (Å²) in [7, 11) is 0. The molecule has 1 N–H and O–H groups in total. The molecule has 2 aliphatic rings. The van der Waals surface area contributed by atoms with Crippen LogP contribution in [0.2, 0.25) is 0 Å². The summed E-state index contributed by atoms with van der Waals surface area (Å²) in [6.07, 6.45) is 0.824. The van der Waals surface area contributed by atoms with Crippen LogP contribution in [0.1, 0.15) is 27.2 Å². The van der Waals surface area contributed by atoms with Crippen LogP contribution in [0.5, 0.6) is 0 Å². The predicted molar refractivity (Wildman–Crippen MR) is 188 cm³/mol. The molecule has 0 radical (unpaired) electrons. The summed E-state index contributed by atoms with van der Waals surface area (Å²) in [6, 6.07) is 42.7. The van der Waals surface area contributed by atoms with Gasteiger partial charge in [0.05, 0.1) is 11.3 Å². The maximum atomic E-state index is 14.8. The number of rotatable bonds is 8. The van der Waals surface area contributed by atoms with E-state index in [1.54, 1.807) is 0 Å². The van der Waals surface area contributed by atoms with Gasteiger partial charge in [-0.1, -0.05) is 97.1 Å². The Bertz CT molecular complexity index is 1740. The minimum Gasteiger partial charge on any atom is -0.369 e. The second-order valence-corrected chi connectivity index (χ2v) is 12.6. The van der Waals surface area contributed by atoms with E-state index in [2.05, 4.69) is 147 Å². The lowest BCUT2D eigenvalue weighted by molar-refractivity contribution is 0.0439. The fraction of sp³-hybridized carbons (Fsp3) is 0.275. The van der Waals surface area contributed by atoms with Crippen molar-refractivity contribution < 1.29 is 4.79 Å². The van der Waals surface area contributed by atoms with Gasteiger partial charge in [-0.3, -0.25) is 9.69 Å². The van der Waals surface area contributed by atoms with Gasteiger partial charge in [-0.05, 0) is 54.3 Å². The van der Waals surface area contributed by atoms with Crippen LogP contribution in [0, 0.1) is 6.92 Å². The minimum absolute atomic E-state index is 0.0654. The molecule has 46 heavy (non-hydrogen) atoms. The minimum atomic E-state index is 0.0654. The van der Waals surface area contributed by atoms with Crippen LogP contribution in [0.15, 0.2) is 121 Å². The van der Waals surface area contributed by atoms with E-state index in [1.165, 1.54) is 16.8 Å². The Morgan fingerprint density at radius 3 is 2.09 bits per heavy atom. The number of hydrogen-bond acceptors (Lipinski definition) is 4. The second kappa shape index (κ2) is 13.8. The van der Waals surface area contributed by atoms with Crippen LogP contribution in [-0.4, -0.2) is 72.1 Å². The number of piperazine rings is 2. The van der Waals surface area contributed by atoms with E-state index in [0.29, 0.717) is 6.54 Å². The van der Waals surface area contributed by atoms with Gasteiger partial charge in [-0.15, -0.1) is 0 Å². The number of carbonyl (C=O) groups excluding carboxylic acids is 1. The maximum absolute atomic E-state index is 14.8. The summed E-state index contributed by atoms with van der Waals surface area (Å²) in [5, 5.41) is 3.46. The lowest BCUT2D eigenvalue weighted by Crippen LogP contribution is -2.55. The Labute approximate surface area is 272 Å². The second-order valence-electron chi connectivity index (χ2n) is 12.6. The van der Waals surface area contributed by atoms with Gasteiger partial charge in [-0.25, -0.2) is 0 Å². The van der Waals surface area contributed by atoms with Gasteiger partial charge in [0.15, 0.2) is 0 Å². The molecule has 2 aliphatic heterocycles. The Kier molecular flexibility index (Phi) is 8.99. The normalized spacial score (nSPS) is 17.3. The Balaban J connectivity index is 1.25. The number of nitrogens with one attached hydrogen (secondary N) is 1. The smallest absolute Gasteiger partial charge is 0.256 e. The van der Waals surface area contributed by atoms with E-state index in [1.807, 2.05) is 6.07 Å². The van der Waals surface area contributed by atoms with Gasteiger partial charge in [0.1, 0.15) is 0 Å². The first kappa shape index (κ1) is 30.0. The average Bonchev–Trinajstić information content (AvgIpc) is 3.47. The molecule has 0 aliphatic carbocycles. The summed E-state index contributed by atoms with van der Waals surface area (Å²) in [5.41, 5.74) is 8.71. The highest BCUT2D eigenvalue weighted by Crippen LogP contribution is 2.34. The van der Waals surface area contributed by atoms with E-state index in [4.69, 9.17) is 0 Å². The molecule has 1 atom stereocenters. The SMILES string of the molecule is Cc1cc(C(=O)N2CCN(Cc3ccccc3)C[C@H]2Cc2ccccc2)c(-c2ccccc2)n1-c1cccc(N2CCNCC2)c1. The quantitative estimate of drug-likeness (QED) is 0.220. The van der Waals surface area contributed by atoms with Crippen molar-refractivity contribution in [3.8, 4) is 16.9 Å². The van der Waals surface area contributed by atoms with Crippen molar-refractivity contribution in [3.05, 3.63) is 144 Å². The Morgan fingerprint density at radius 1 is 0.717 bits per heavy atom. The Morgan fingerprint density at radius 2 is 1.37 bits per heavy atom. The molecule has 2 fully saturated rings. The molecule has 0 saturated carbocycles. The molecule has 1 amide bonds. The molecule has 6 heteroatoms. The first-order valence-corrected chi connectivity index (χ1v) is 16.6. The monoisotopic (exact) mass is 609 g/mol. The van der Waals surface area contributed by atoms with Crippen LogP contribution < -0.4 is 10.2 Å². The number of aryl methyl sites for hydroxylation is 1. The van der Waals surface area contributed by atoms with Gasteiger partial charge in [0, 0.05) is 75.5 Å². The van der Waals surface area contributed by atoms with Crippen LogP contribution in [0.4, 0.5) is 5.69 Å². The van der Waals surface area contributed by atoms with Crippen LogP contribution in [0.25, 0.3) is 16.9 Å². The van der Waals surface area contributed by atoms with Crippen LogP contribution in [-0.2, 0) is 13.0 Å². The Hall–Kier alpha value is -4.65. The molecule has 0 unspecified atom stereocenters. The highest BCUT2D eigenvalue weighted by atomic mass is 16.2. The number of aromatic nitrogens is 1. The van der Waals surface area contributed by atoms with Crippen molar-refractivity contribution in [2.45, 2.75) is 25.9 Å². The highest BCUT2D eigenvalue weighted by Gasteiger charge is 2.34. The van der Waals surface area contributed by atoms with Crippen LogP contribution >= 0.6 is 0 Å². The van der Waals surface area contributed by atoms with Gasteiger partial charge < -0.3 is 19.7 Å². The van der Waals surface area contributed by atoms with E-state index < -0.39 is 0 Å². The predicted octanol–water partition coefficient (Wildman–Crippen LogP) is 6.43. The number of anilines is 1. The number of nitrogens with zero attached hydrogens (tertiary/aromatic N) is 4. The lowest BCUT2D eigenvalue weighted by atomic mass is 9.99. The molecule has 5 aromatic rings. The summed E-state index contributed by atoms with van der Waals surface area (Å²) in [4.78, 5) is 21.9. The largest absolute Gasteiger partial charge is 0.369 e. The molecule has 0 bridgehead atoms. The van der Waals surface area contributed by atoms with Gasteiger partial charge >= 0.3 is 0 Å². The van der Waals surface area contributed by atoms with Gasteiger partial charge in [0.2, 0.25) is 0 Å². The molecule has 6 nitrogen and oxygen atoms in total. The molecule has 4 aromatic carbocycles. The fourth-order valence-electron chi connectivity index (χ4n) is 7.15. The summed E-state index contributed by atoms with van der Waals surface area (Å²) in [5.74, 6) is 0.110.